The highest BCUT2D eigenvalue weighted by molar-refractivity contribution is 4.77. The summed E-state index contributed by atoms with van der Waals surface area (Å²) in [5, 5.41) is 0. The molecule has 1 fully saturated rings. The molecule has 0 bridgehead atoms. The van der Waals surface area contributed by atoms with Gasteiger partial charge in [0.25, 0.3) is 0 Å². The molecule has 0 amide bonds. The Morgan fingerprint density at radius 1 is 1.60 bits per heavy atom. The predicted molar refractivity (Wildman–Crippen MR) is 42.1 cm³/mol. The van der Waals surface area contributed by atoms with Crippen LogP contribution >= 0.6 is 0 Å². The number of nitrogens with zero attached hydrogens (tertiary/aromatic N) is 1. The molecule has 60 valence electrons. The van der Waals surface area contributed by atoms with Crippen LogP contribution in [0.15, 0.2) is 0 Å². The Kier molecular flexibility index (Phi) is 2.69. The fraction of sp³-hybridized carbons (Fsp3) is 1.00. The van der Waals surface area contributed by atoms with Gasteiger partial charge in [-0.2, -0.15) is 0 Å². The number of hydrogen-bond acceptors (Lipinski definition) is 2. The van der Waals surface area contributed by atoms with Crippen LogP contribution in [0.2, 0.25) is 0 Å². The van der Waals surface area contributed by atoms with Crippen molar-refractivity contribution >= 4 is 0 Å². The lowest BCUT2D eigenvalue weighted by molar-refractivity contribution is -0.0523. The number of ether oxygens (including phenoxy) is 1. The normalized spacial score (nSPS) is 36.3. The van der Waals surface area contributed by atoms with Gasteiger partial charge in [0, 0.05) is 12.6 Å². The first kappa shape index (κ1) is 8.02. The Hall–Kier alpha value is -0.0800. The summed E-state index contributed by atoms with van der Waals surface area (Å²) in [6.45, 7) is 6.35. The average molecular weight is 143 g/mol. The summed E-state index contributed by atoms with van der Waals surface area (Å²) in [7, 11) is 2.17. The third-order valence-electron chi connectivity index (χ3n) is 2.35. The van der Waals surface area contributed by atoms with E-state index < -0.39 is 0 Å². The van der Waals surface area contributed by atoms with Crippen LogP contribution in [0.5, 0.6) is 0 Å². The molecule has 0 unspecified atom stereocenters. The summed E-state index contributed by atoms with van der Waals surface area (Å²) in [5.41, 5.74) is 0. The lowest BCUT2D eigenvalue weighted by Crippen LogP contribution is -2.47. The minimum atomic E-state index is 0.420. The molecule has 0 saturated carbocycles. The van der Waals surface area contributed by atoms with Crippen molar-refractivity contribution in [2.24, 2.45) is 0 Å². The monoisotopic (exact) mass is 143 g/mol. The van der Waals surface area contributed by atoms with Crippen LogP contribution in [-0.4, -0.2) is 37.2 Å². The molecular formula is C8H17NO. The van der Waals surface area contributed by atoms with Gasteiger partial charge in [0.05, 0.1) is 12.7 Å². The number of rotatable bonds is 1. The van der Waals surface area contributed by atoms with E-state index in [0.717, 1.165) is 13.2 Å². The second-order valence-corrected chi connectivity index (χ2v) is 3.03. The fourth-order valence-corrected chi connectivity index (χ4v) is 1.66. The van der Waals surface area contributed by atoms with Gasteiger partial charge in [0.2, 0.25) is 0 Å². The molecule has 2 atom stereocenters. The fourth-order valence-electron chi connectivity index (χ4n) is 1.66. The number of likely N-dealkylation sites (N-methyl/N-ethyl adjacent to an activating group) is 1. The quantitative estimate of drug-likeness (QED) is 0.545. The Bertz CT molecular complexity index is 95.4. The SMILES string of the molecule is CC[C@@H]1[C@@H](C)OCCN1C. The molecule has 2 heteroatoms. The van der Waals surface area contributed by atoms with Crippen molar-refractivity contribution in [1.82, 2.24) is 4.90 Å². The zero-order valence-electron chi connectivity index (χ0n) is 7.13. The van der Waals surface area contributed by atoms with Gasteiger partial charge in [0.1, 0.15) is 0 Å². The van der Waals surface area contributed by atoms with Crippen LogP contribution in [-0.2, 0) is 4.74 Å². The van der Waals surface area contributed by atoms with Crippen molar-refractivity contribution in [1.29, 1.82) is 0 Å². The molecule has 0 aromatic carbocycles. The summed E-state index contributed by atoms with van der Waals surface area (Å²) in [6, 6.07) is 0.633. The van der Waals surface area contributed by atoms with E-state index in [1.54, 1.807) is 0 Å². The van der Waals surface area contributed by atoms with Crippen molar-refractivity contribution in [3.63, 3.8) is 0 Å². The molecule has 1 rings (SSSR count). The standard InChI is InChI=1S/C8H17NO/c1-4-8-7(2)10-6-5-9(8)3/h7-8H,4-6H2,1-3H3/t7-,8-/m1/s1. The van der Waals surface area contributed by atoms with Gasteiger partial charge in [-0.1, -0.05) is 6.92 Å². The van der Waals surface area contributed by atoms with E-state index in [1.807, 2.05) is 0 Å². The molecule has 1 saturated heterocycles. The molecular weight excluding hydrogens is 126 g/mol. The summed E-state index contributed by atoms with van der Waals surface area (Å²) < 4.78 is 5.51. The van der Waals surface area contributed by atoms with E-state index in [4.69, 9.17) is 4.74 Å². The van der Waals surface area contributed by atoms with E-state index >= 15 is 0 Å². The van der Waals surface area contributed by atoms with Gasteiger partial charge >= 0.3 is 0 Å². The molecule has 1 aliphatic rings. The molecule has 0 aliphatic carbocycles. The zero-order chi connectivity index (χ0) is 7.56. The summed E-state index contributed by atoms with van der Waals surface area (Å²) in [5.74, 6) is 0. The van der Waals surface area contributed by atoms with Crippen LogP contribution in [0.1, 0.15) is 20.3 Å². The third kappa shape index (κ3) is 1.50. The number of hydrogen-bond donors (Lipinski definition) is 0. The molecule has 0 spiro atoms. The van der Waals surface area contributed by atoms with Crippen LogP contribution in [0.4, 0.5) is 0 Å². The molecule has 2 nitrogen and oxygen atoms in total. The maximum Gasteiger partial charge on any atom is 0.0702 e. The summed E-state index contributed by atoms with van der Waals surface area (Å²) >= 11 is 0. The topological polar surface area (TPSA) is 12.5 Å². The van der Waals surface area contributed by atoms with Gasteiger partial charge < -0.3 is 4.74 Å². The van der Waals surface area contributed by atoms with E-state index in [1.165, 1.54) is 6.42 Å². The highest BCUT2D eigenvalue weighted by atomic mass is 16.5. The van der Waals surface area contributed by atoms with Crippen molar-refractivity contribution in [2.45, 2.75) is 32.4 Å². The highest BCUT2D eigenvalue weighted by Gasteiger charge is 2.24. The van der Waals surface area contributed by atoms with Gasteiger partial charge in [-0.05, 0) is 20.4 Å². The molecule has 1 heterocycles. The van der Waals surface area contributed by atoms with Crippen LogP contribution in [0.25, 0.3) is 0 Å². The maximum absolute atomic E-state index is 5.51. The molecule has 0 N–H and O–H groups in total. The summed E-state index contributed by atoms with van der Waals surface area (Å²) in [6.07, 6.45) is 1.61. The largest absolute Gasteiger partial charge is 0.376 e. The average Bonchev–Trinajstić information content (AvgIpc) is 1.88. The maximum atomic E-state index is 5.51. The van der Waals surface area contributed by atoms with Crippen molar-refractivity contribution in [2.75, 3.05) is 20.2 Å². The zero-order valence-corrected chi connectivity index (χ0v) is 7.13. The van der Waals surface area contributed by atoms with Gasteiger partial charge in [0.15, 0.2) is 0 Å². The third-order valence-corrected chi connectivity index (χ3v) is 2.35. The van der Waals surface area contributed by atoms with E-state index in [9.17, 15) is 0 Å². The first-order valence-electron chi connectivity index (χ1n) is 4.07. The first-order chi connectivity index (χ1) is 4.75. The van der Waals surface area contributed by atoms with E-state index in [2.05, 4.69) is 25.8 Å². The van der Waals surface area contributed by atoms with Crippen molar-refractivity contribution in [3.05, 3.63) is 0 Å². The molecule has 0 aromatic heterocycles. The van der Waals surface area contributed by atoms with Crippen LogP contribution in [0, 0.1) is 0 Å². The Balaban J connectivity index is 2.45. The minimum Gasteiger partial charge on any atom is -0.376 e. The van der Waals surface area contributed by atoms with Crippen LogP contribution in [0.3, 0.4) is 0 Å². The smallest absolute Gasteiger partial charge is 0.0702 e. The second-order valence-electron chi connectivity index (χ2n) is 3.03. The van der Waals surface area contributed by atoms with E-state index in [-0.39, 0.29) is 0 Å². The molecule has 0 aromatic rings. The van der Waals surface area contributed by atoms with Crippen LogP contribution < -0.4 is 0 Å². The highest BCUT2D eigenvalue weighted by Crippen LogP contribution is 2.14. The van der Waals surface area contributed by atoms with E-state index in [0.29, 0.717) is 12.1 Å². The summed E-state index contributed by atoms with van der Waals surface area (Å²) in [4.78, 5) is 2.38. The van der Waals surface area contributed by atoms with Crippen molar-refractivity contribution in [3.8, 4) is 0 Å². The Morgan fingerprint density at radius 2 is 2.30 bits per heavy atom. The minimum absolute atomic E-state index is 0.420. The lowest BCUT2D eigenvalue weighted by Gasteiger charge is -2.36. The number of morpholine rings is 1. The lowest BCUT2D eigenvalue weighted by atomic mass is 10.1. The second kappa shape index (κ2) is 3.35. The Morgan fingerprint density at radius 3 is 2.70 bits per heavy atom. The van der Waals surface area contributed by atoms with Gasteiger partial charge in [-0.25, -0.2) is 0 Å². The predicted octanol–water partition coefficient (Wildman–Crippen LogP) is 1.12. The first-order valence-corrected chi connectivity index (χ1v) is 4.07. The molecule has 1 aliphatic heterocycles. The van der Waals surface area contributed by atoms with Gasteiger partial charge in [-0.3, -0.25) is 4.90 Å². The molecule has 0 radical (unpaired) electrons. The van der Waals surface area contributed by atoms with Crippen molar-refractivity contribution < 1.29 is 4.74 Å². The van der Waals surface area contributed by atoms with Gasteiger partial charge in [-0.15, -0.1) is 0 Å². The Labute approximate surface area is 63.2 Å². The molecule has 10 heavy (non-hydrogen) atoms.